The summed E-state index contributed by atoms with van der Waals surface area (Å²) in [6.45, 7) is 1.75. The van der Waals surface area contributed by atoms with Crippen LogP contribution < -0.4 is 4.90 Å². The maximum atomic E-state index is 14.0. The molecule has 0 unspecified atom stereocenters. The van der Waals surface area contributed by atoms with Crippen molar-refractivity contribution in [3.8, 4) is 0 Å². The van der Waals surface area contributed by atoms with Crippen molar-refractivity contribution in [1.29, 1.82) is 0 Å². The molecule has 1 spiro atoms. The lowest BCUT2D eigenvalue weighted by molar-refractivity contribution is -0.127. The Morgan fingerprint density at radius 3 is 2.03 bits per heavy atom. The molecular formula is C27H17Cl2NO5. The van der Waals surface area contributed by atoms with Gasteiger partial charge in [-0.2, -0.15) is 0 Å². The Balaban J connectivity index is 1.56. The lowest BCUT2D eigenvalue weighted by atomic mass is 9.77. The van der Waals surface area contributed by atoms with Crippen LogP contribution in [0, 0.1) is 18.8 Å². The molecule has 2 saturated heterocycles. The molecule has 8 heteroatoms. The minimum atomic E-state index is -2.12. The number of aryl methyl sites for hydroxylation is 1. The van der Waals surface area contributed by atoms with Gasteiger partial charge in [-0.05, 0) is 42.3 Å². The molecule has 3 aliphatic rings. The van der Waals surface area contributed by atoms with Crippen LogP contribution in [0.15, 0.2) is 66.7 Å². The molecule has 0 bridgehead atoms. The number of benzene rings is 3. The molecule has 6 nitrogen and oxygen atoms in total. The second-order valence-electron chi connectivity index (χ2n) is 8.98. The van der Waals surface area contributed by atoms with Crippen LogP contribution in [0.2, 0.25) is 10.0 Å². The number of ether oxygens (including phenoxy) is 1. The minimum absolute atomic E-state index is 0.186. The summed E-state index contributed by atoms with van der Waals surface area (Å²) in [5.41, 5.74) is -0.226. The number of carbonyl (C=O) groups is 4. The third-order valence-electron chi connectivity index (χ3n) is 7.13. The van der Waals surface area contributed by atoms with E-state index in [2.05, 4.69) is 0 Å². The number of fused-ring (bicyclic) bond motifs is 3. The van der Waals surface area contributed by atoms with Gasteiger partial charge in [0.05, 0.1) is 23.6 Å². The van der Waals surface area contributed by atoms with Crippen molar-refractivity contribution in [3.63, 3.8) is 0 Å². The van der Waals surface area contributed by atoms with E-state index in [0.717, 1.165) is 4.90 Å². The van der Waals surface area contributed by atoms with E-state index in [1.165, 1.54) is 6.07 Å². The number of imide groups is 1. The first kappa shape index (κ1) is 22.2. The quantitative estimate of drug-likeness (QED) is 0.361. The van der Waals surface area contributed by atoms with Gasteiger partial charge in [0, 0.05) is 21.2 Å². The van der Waals surface area contributed by atoms with Crippen molar-refractivity contribution >= 4 is 52.3 Å². The third kappa shape index (κ3) is 2.88. The van der Waals surface area contributed by atoms with Crippen LogP contribution >= 0.6 is 23.2 Å². The highest BCUT2D eigenvalue weighted by Gasteiger charge is 2.74. The van der Waals surface area contributed by atoms with Gasteiger partial charge in [-0.1, -0.05) is 65.7 Å². The van der Waals surface area contributed by atoms with E-state index < -0.39 is 46.9 Å². The summed E-state index contributed by atoms with van der Waals surface area (Å²) in [5, 5.41) is 0.826. The molecule has 0 N–H and O–H groups in total. The highest BCUT2D eigenvalue weighted by atomic mass is 35.5. The van der Waals surface area contributed by atoms with Gasteiger partial charge in [-0.15, -0.1) is 0 Å². The molecule has 0 aromatic heterocycles. The zero-order valence-corrected chi connectivity index (χ0v) is 19.8. The lowest BCUT2D eigenvalue weighted by Crippen LogP contribution is -2.51. The minimum Gasteiger partial charge on any atom is -0.349 e. The smallest absolute Gasteiger partial charge is 0.241 e. The molecule has 1 aliphatic carbocycles. The Morgan fingerprint density at radius 1 is 0.800 bits per heavy atom. The molecule has 3 aromatic rings. The summed E-state index contributed by atoms with van der Waals surface area (Å²) in [7, 11) is 0. The molecule has 0 radical (unpaired) electrons. The summed E-state index contributed by atoms with van der Waals surface area (Å²) < 4.78 is 6.25. The number of amides is 2. The van der Waals surface area contributed by atoms with E-state index in [-0.39, 0.29) is 11.1 Å². The van der Waals surface area contributed by atoms with Gasteiger partial charge < -0.3 is 4.74 Å². The SMILES string of the molecule is Cc1ccc(Cl)cc1N1C(=O)[C@H]2[C@@H](c3ccc(Cl)cc3)OC3(C(=O)c4ccccc4C3=O)[C@@H]2C1=O. The number of Topliss-reactive ketones (excluding diaryl/α,β-unsaturated/α-hetero) is 2. The molecule has 3 atom stereocenters. The standard InChI is InChI=1S/C27H17Cl2NO5/c1-13-6-9-16(29)12-19(13)30-25(33)20-21(26(30)34)27(35-22(20)14-7-10-15(28)11-8-14)23(31)17-4-2-3-5-18(17)24(27)32/h2-12,20-22H,1H3/t20-,21+,22-/m1/s1. The van der Waals surface area contributed by atoms with Crippen LogP contribution in [0.3, 0.4) is 0 Å². The largest absolute Gasteiger partial charge is 0.349 e. The van der Waals surface area contributed by atoms with Crippen LogP contribution in [-0.4, -0.2) is 29.0 Å². The number of anilines is 1. The number of halogens is 2. The van der Waals surface area contributed by atoms with E-state index in [1.54, 1.807) is 67.6 Å². The topological polar surface area (TPSA) is 80.8 Å². The predicted molar refractivity (Wildman–Crippen MR) is 129 cm³/mol. The van der Waals surface area contributed by atoms with Crippen molar-refractivity contribution in [3.05, 3.63) is 99.0 Å². The maximum absolute atomic E-state index is 14.0. The van der Waals surface area contributed by atoms with Crippen molar-refractivity contribution < 1.29 is 23.9 Å². The van der Waals surface area contributed by atoms with Crippen LogP contribution in [0.4, 0.5) is 5.69 Å². The second kappa shape index (κ2) is 7.59. The molecule has 0 saturated carbocycles. The highest BCUT2D eigenvalue weighted by Crippen LogP contribution is 2.58. The molecule has 3 aromatic carbocycles. The van der Waals surface area contributed by atoms with Crippen molar-refractivity contribution in [2.24, 2.45) is 11.8 Å². The fourth-order valence-electron chi connectivity index (χ4n) is 5.53. The van der Waals surface area contributed by atoms with Crippen LogP contribution in [0.1, 0.15) is 37.9 Å². The highest BCUT2D eigenvalue weighted by molar-refractivity contribution is 6.37. The van der Waals surface area contributed by atoms with Gasteiger partial charge in [0.2, 0.25) is 29.0 Å². The van der Waals surface area contributed by atoms with E-state index in [1.807, 2.05) is 0 Å². The first-order chi connectivity index (χ1) is 16.8. The summed E-state index contributed by atoms with van der Waals surface area (Å²) in [5.74, 6) is -4.80. The molecular weight excluding hydrogens is 489 g/mol. The molecule has 35 heavy (non-hydrogen) atoms. The zero-order valence-electron chi connectivity index (χ0n) is 18.3. The Bertz CT molecular complexity index is 1430. The fourth-order valence-corrected chi connectivity index (χ4v) is 5.82. The number of hydrogen-bond acceptors (Lipinski definition) is 5. The van der Waals surface area contributed by atoms with Crippen LogP contribution in [0.5, 0.6) is 0 Å². The third-order valence-corrected chi connectivity index (χ3v) is 7.62. The monoisotopic (exact) mass is 505 g/mol. The first-order valence-corrected chi connectivity index (χ1v) is 11.8. The average Bonchev–Trinajstić information content (AvgIpc) is 3.41. The normalized spacial score (nSPS) is 24.4. The van der Waals surface area contributed by atoms with E-state index in [4.69, 9.17) is 27.9 Å². The Labute approximate surface area is 210 Å². The number of nitrogens with zero attached hydrogens (tertiary/aromatic N) is 1. The molecule has 6 rings (SSSR count). The van der Waals surface area contributed by atoms with Gasteiger partial charge in [-0.25, -0.2) is 4.90 Å². The lowest BCUT2D eigenvalue weighted by Gasteiger charge is -2.27. The van der Waals surface area contributed by atoms with E-state index in [9.17, 15) is 19.2 Å². The zero-order chi connectivity index (χ0) is 24.6. The van der Waals surface area contributed by atoms with Gasteiger partial charge >= 0.3 is 0 Å². The first-order valence-electron chi connectivity index (χ1n) is 11.0. The van der Waals surface area contributed by atoms with Gasteiger partial charge in [0.25, 0.3) is 0 Å². The van der Waals surface area contributed by atoms with Gasteiger partial charge in [0.1, 0.15) is 0 Å². The molecule has 2 amide bonds. The van der Waals surface area contributed by atoms with Crippen LogP contribution in [-0.2, 0) is 14.3 Å². The van der Waals surface area contributed by atoms with Crippen molar-refractivity contribution in [2.75, 3.05) is 4.90 Å². The summed E-state index contributed by atoms with van der Waals surface area (Å²) in [4.78, 5) is 56.4. The van der Waals surface area contributed by atoms with Gasteiger partial charge in [0.15, 0.2) is 0 Å². The van der Waals surface area contributed by atoms with Crippen molar-refractivity contribution in [2.45, 2.75) is 18.6 Å². The summed E-state index contributed by atoms with van der Waals surface area (Å²) in [6.07, 6.45) is -1.000. The molecule has 2 heterocycles. The second-order valence-corrected chi connectivity index (χ2v) is 9.85. The summed E-state index contributed by atoms with van der Waals surface area (Å²) >= 11 is 12.2. The molecule has 2 fully saturated rings. The number of rotatable bonds is 2. The average molecular weight is 506 g/mol. The number of hydrogen-bond donors (Lipinski definition) is 0. The van der Waals surface area contributed by atoms with Gasteiger partial charge in [-0.3, -0.25) is 19.2 Å². The van der Waals surface area contributed by atoms with E-state index >= 15 is 0 Å². The number of carbonyl (C=O) groups excluding carboxylic acids is 4. The summed E-state index contributed by atoms with van der Waals surface area (Å²) in [6, 6.07) is 17.9. The Morgan fingerprint density at radius 2 is 1.40 bits per heavy atom. The van der Waals surface area contributed by atoms with Crippen molar-refractivity contribution in [1.82, 2.24) is 0 Å². The Hall–Kier alpha value is -3.32. The molecule has 2 aliphatic heterocycles. The maximum Gasteiger partial charge on any atom is 0.241 e. The molecule has 174 valence electrons. The van der Waals surface area contributed by atoms with E-state index in [0.29, 0.717) is 26.9 Å². The number of ketones is 2. The Kier molecular flexibility index (Phi) is 4.81. The van der Waals surface area contributed by atoms with Crippen LogP contribution in [0.25, 0.3) is 0 Å². The predicted octanol–water partition coefficient (Wildman–Crippen LogP) is 5.00. The fraction of sp³-hybridized carbons (Fsp3) is 0.185.